The van der Waals surface area contributed by atoms with Crippen LogP contribution in [0.1, 0.15) is 23.0 Å². The van der Waals surface area contributed by atoms with Crippen molar-refractivity contribution in [2.24, 2.45) is 0 Å². The molecule has 0 spiro atoms. The number of hydrogen-bond acceptors (Lipinski definition) is 4. The zero-order valence-corrected chi connectivity index (χ0v) is 14.7. The van der Waals surface area contributed by atoms with Crippen molar-refractivity contribution in [3.8, 4) is 0 Å². The molecule has 0 bridgehead atoms. The lowest BCUT2D eigenvalue weighted by molar-refractivity contribution is -0.126. The highest BCUT2D eigenvalue weighted by Gasteiger charge is 2.27. The Kier molecular flexibility index (Phi) is 4.75. The molecule has 0 aliphatic carbocycles. The van der Waals surface area contributed by atoms with E-state index in [1.165, 1.54) is 24.0 Å². The maximum absolute atomic E-state index is 13.8. The number of ether oxygens (including phenoxy) is 1. The van der Waals surface area contributed by atoms with Crippen molar-refractivity contribution in [1.29, 1.82) is 0 Å². The summed E-state index contributed by atoms with van der Waals surface area (Å²) in [7, 11) is 1.60. The Morgan fingerprint density at radius 3 is 2.46 bits per heavy atom. The summed E-state index contributed by atoms with van der Waals surface area (Å²) in [4.78, 5) is 26.3. The van der Waals surface area contributed by atoms with E-state index in [4.69, 9.17) is 9.15 Å². The SMILES string of the molecule is Cc1c(C(=O)OC(C)C(=O)N(C)c2ccccc2)oc2c(F)cccc12. The average molecular weight is 355 g/mol. The first-order valence-electron chi connectivity index (χ1n) is 8.11. The summed E-state index contributed by atoms with van der Waals surface area (Å²) < 4.78 is 24.4. The molecular weight excluding hydrogens is 337 g/mol. The topological polar surface area (TPSA) is 59.8 Å². The first-order valence-corrected chi connectivity index (χ1v) is 8.11. The van der Waals surface area contributed by atoms with Gasteiger partial charge in [-0.15, -0.1) is 0 Å². The zero-order chi connectivity index (χ0) is 18.8. The number of anilines is 1. The molecule has 5 nitrogen and oxygen atoms in total. The molecule has 6 heteroatoms. The number of nitrogens with zero attached hydrogens (tertiary/aromatic N) is 1. The average Bonchev–Trinajstić information content (AvgIpc) is 2.99. The quantitative estimate of drug-likeness (QED) is 0.662. The van der Waals surface area contributed by atoms with Gasteiger partial charge in [0.2, 0.25) is 5.76 Å². The lowest BCUT2D eigenvalue weighted by atomic mass is 10.1. The number of carbonyl (C=O) groups excluding carboxylic acids is 2. The highest BCUT2D eigenvalue weighted by molar-refractivity contribution is 6.00. The van der Waals surface area contributed by atoms with Crippen LogP contribution in [0.4, 0.5) is 10.1 Å². The monoisotopic (exact) mass is 355 g/mol. The number of likely N-dealkylation sites (N-methyl/N-ethyl adjacent to an activating group) is 1. The third kappa shape index (κ3) is 3.18. The number of esters is 1. The molecule has 0 saturated carbocycles. The van der Waals surface area contributed by atoms with Crippen molar-refractivity contribution < 1.29 is 23.1 Å². The number of benzene rings is 2. The smallest absolute Gasteiger partial charge is 0.375 e. The minimum atomic E-state index is -1.02. The molecular formula is C20H18FNO4. The van der Waals surface area contributed by atoms with Gasteiger partial charge in [0.05, 0.1) is 0 Å². The minimum Gasteiger partial charge on any atom is -0.447 e. The Bertz CT molecular complexity index is 965. The van der Waals surface area contributed by atoms with Gasteiger partial charge >= 0.3 is 5.97 Å². The third-order valence-electron chi connectivity index (χ3n) is 4.21. The van der Waals surface area contributed by atoms with Crippen molar-refractivity contribution in [2.45, 2.75) is 20.0 Å². The number of amides is 1. The van der Waals surface area contributed by atoms with Gasteiger partial charge in [-0.25, -0.2) is 9.18 Å². The molecule has 134 valence electrons. The second kappa shape index (κ2) is 7.00. The van der Waals surface area contributed by atoms with Gasteiger partial charge in [0.25, 0.3) is 5.91 Å². The Balaban J connectivity index is 1.78. The van der Waals surface area contributed by atoms with E-state index in [2.05, 4.69) is 0 Å². The van der Waals surface area contributed by atoms with Crippen molar-refractivity contribution in [1.82, 2.24) is 0 Å². The normalized spacial score (nSPS) is 12.0. The summed E-state index contributed by atoms with van der Waals surface area (Å²) in [6.07, 6.45) is -1.02. The van der Waals surface area contributed by atoms with Gasteiger partial charge in [-0.3, -0.25) is 4.79 Å². The van der Waals surface area contributed by atoms with E-state index in [0.717, 1.165) is 0 Å². The fourth-order valence-electron chi connectivity index (χ4n) is 2.72. The number of rotatable bonds is 4. The molecule has 1 heterocycles. The van der Waals surface area contributed by atoms with Crippen LogP contribution in [0.5, 0.6) is 0 Å². The van der Waals surface area contributed by atoms with Gasteiger partial charge in [0, 0.05) is 23.7 Å². The molecule has 1 unspecified atom stereocenters. The second-order valence-corrected chi connectivity index (χ2v) is 5.95. The zero-order valence-electron chi connectivity index (χ0n) is 14.7. The van der Waals surface area contributed by atoms with E-state index >= 15 is 0 Å². The number of para-hydroxylation sites is 2. The van der Waals surface area contributed by atoms with Crippen LogP contribution >= 0.6 is 0 Å². The summed E-state index contributed by atoms with van der Waals surface area (Å²) in [6, 6.07) is 13.5. The van der Waals surface area contributed by atoms with Crippen molar-refractivity contribution in [3.63, 3.8) is 0 Å². The molecule has 1 aromatic heterocycles. The number of furan rings is 1. The summed E-state index contributed by atoms with van der Waals surface area (Å²) in [5.74, 6) is -1.85. The van der Waals surface area contributed by atoms with Crippen LogP contribution in [-0.2, 0) is 9.53 Å². The molecule has 0 aliphatic heterocycles. The maximum atomic E-state index is 13.8. The minimum absolute atomic E-state index is 0.00247. The van der Waals surface area contributed by atoms with Crippen LogP contribution < -0.4 is 4.90 Å². The van der Waals surface area contributed by atoms with Crippen LogP contribution in [0.3, 0.4) is 0 Å². The van der Waals surface area contributed by atoms with E-state index in [9.17, 15) is 14.0 Å². The molecule has 26 heavy (non-hydrogen) atoms. The van der Waals surface area contributed by atoms with Crippen LogP contribution in [0.15, 0.2) is 52.9 Å². The number of halogens is 1. The van der Waals surface area contributed by atoms with Gasteiger partial charge in [-0.2, -0.15) is 0 Å². The fourth-order valence-corrected chi connectivity index (χ4v) is 2.72. The van der Waals surface area contributed by atoms with Crippen LogP contribution in [0, 0.1) is 12.7 Å². The lowest BCUT2D eigenvalue weighted by Crippen LogP contribution is -2.37. The lowest BCUT2D eigenvalue weighted by Gasteiger charge is -2.21. The first-order chi connectivity index (χ1) is 12.4. The molecule has 0 fully saturated rings. The number of aryl methyl sites for hydroxylation is 1. The molecule has 0 saturated heterocycles. The van der Waals surface area contributed by atoms with Crippen molar-refractivity contribution in [3.05, 3.63) is 65.7 Å². The highest BCUT2D eigenvalue weighted by Crippen LogP contribution is 2.28. The molecule has 1 atom stereocenters. The number of fused-ring (bicyclic) bond motifs is 1. The van der Waals surface area contributed by atoms with Gasteiger partial charge in [0.1, 0.15) is 0 Å². The van der Waals surface area contributed by atoms with Crippen molar-refractivity contribution >= 4 is 28.5 Å². The third-order valence-corrected chi connectivity index (χ3v) is 4.21. The summed E-state index contributed by atoms with van der Waals surface area (Å²) in [5.41, 5.74) is 1.15. The van der Waals surface area contributed by atoms with Gasteiger partial charge in [-0.1, -0.05) is 30.3 Å². The Labute approximate surface area is 150 Å². The standard InChI is InChI=1S/C20H18FNO4/c1-12-15-10-7-11-16(21)18(15)26-17(12)20(24)25-13(2)19(23)22(3)14-8-5-4-6-9-14/h4-11,13H,1-3H3. The summed E-state index contributed by atoms with van der Waals surface area (Å²) >= 11 is 0. The van der Waals surface area contributed by atoms with E-state index in [1.54, 1.807) is 32.2 Å². The molecule has 0 radical (unpaired) electrons. The van der Waals surface area contributed by atoms with Gasteiger partial charge in [-0.05, 0) is 32.0 Å². The van der Waals surface area contributed by atoms with Gasteiger partial charge < -0.3 is 14.1 Å². The Hall–Kier alpha value is -3.15. The van der Waals surface area contributed by atoms with E-state index in [-0.39, 0.29) is 17.3 Å². The Morgan fingerprint density at radius 1 is 1.12 bits per heavy atom. The largest absolute Gasteiger partial charge is 0.447 e. The van der Waals surface area contributed by atoms with Crippen LogP contribution in [0.25, 0.3) is 11.0 Å². The molecule has 0 N–H and O–H groups in total. The predicted octanol–water partition coefficient (Wildman–Crippen LogP) is 4.09. The van der Waals surface area contributed by atoms with Crippen molar-refractivity contribution in [2.75, 3.05) is 11.9 Å². The number of carbonyl (C=O) groups is 2. The second-order valence-electron chi connectivity index (χ2n) is 5.95. The van der Waals surface area contributed by atoms with E-state index in [0.29, 0.717) is 16.6 Å². The van der Waals surface area contributed by atoms with Crippen LogP contribution in [-0.4, -0.2) is 25.0 Å². The molecule has 3 rings (SSSR count). The summed E-state index contributed by atoms with van der Waals surface area (Å²) in [5, 5.41) is 0.498. The molecule has 3 aromatic rings. The molecule has 0 aliphatic rings. The van der Waals surface area contributed by atoms with E-state index in [1.807, 2.05) is 18.2 Å². The van der Waals surface area contributed by atoms with Gasteiger partial charge in [0.15, 0.2) is 17.5 Å². The fraction of sp³-hybridized carbons (Fsp3) is 0.200. The number of hydrogen-bond donors (Lipinski definition) is 0. The Morgan fingerprint density at radius 2 is 1.81 bits per heavy atom. The van der Waals surface area contributed by atoms with Crippen LogP contribution in [0.2, 0.25) is 0 Å². The predicted molar refractivity (Wildman–Crippen MR) is 95.6 cm³/mol. The highest BCUT2D eigenvalue weighted by atomic mass is 19.1. The van der Waals surface area contributed by atoms with E-state index < -0.39 is 17.9 Å². The summed E-state index contributed by atoms with van der Waals surface area (Å²) in [6.45, 7) is 3.13. The molecule has 1 amide bonds. The molecule has 2 aromatic carbocycles. The first kappa shape index (κ1) is 17.7. The maximum Gasteiger partial charge on any atom is 0.375 e.